The summed E-state index contributed by atoms with van der Waals surface area (Å²) in [4.78, 5) is 0.221. The minimum atomic E-state index is -3.51. The van der Waals surface area contributed by atoms with E-state index in [0.29, 0.717) is 18.1 Å². The van der Waals surface area contributed by atoms with Crippen LogP contribution in [0.5, 0.6) is 0 Å². The zero-order chi connectivity index (χ0) is 15.5. The largest absolute Gasteiger partial charge is 0.316 e. The molecule has 21 heavy (non-hydrogen) atoms. The normalized spacial score (nSPS) is 22.6. The molecule has 4 nitrogen and oxygen atoms in total. The number of rotatable bonds is 6. The average molecular weight is 349 g/mol. The van der Waals surface area contributed by atoms with Gasteiger partial charge in [-0.25, -0.2) is 13.1 Å². The molecule has 1 aliphatic rings. The van der Waals surface area contributed by atoms with E-state index in [0.717, 1.165) is 24.2 Å². The minimum absolute atomic E-state index is 0.00291. The van der Waals surface area contributed by atoms with Crippen molar-refractivity contribution in [2.75, 3.05) is 19.3 Å². The first-order valence-electron chi connectivity index (χ1n) is 6.93. The van der Waals surface area contributed by atoms with Gasteiger partial charge in [0.2, 0.25) is 10.0 Å². The molecule has 0 bridgehead atoms. The lowest BCUT2D eigenvalue weighted by Gasteiger charge is -2.22. The maximum atomic E-state index is 12.4. The van der Waals surface area contributed by atoms with Crippen LogP contribution in [0.2, 0.25) is 5.02 Å². The van der Waals surface area contributed by atoms with Gasteiger partial charge in [0.15, 0.2) is 0 Å². The molecular formula is C14H21ClN2O2S2. The monoisotopic (exact) mass is 348 g/mol. The molecule has 1 unspecified atom stereocenters. The summed E-state index contributed by atoms with van der Waals surface area (Å²) in [6.45, 7) is 3.17. The maximum absolute atomic E-state index is 12.4. The zero-order valence-electron chi connectivity index (χ0n) is 12.3. The van der Waals surface area contributed by atoms with E-state index in [2.05, 4.69) is 17.0 Å². The van der Waals surface area contributed by atoms with Crippen LogP contribution in [-0.2, 0) is 16.6 Å². The molecule has 7 heteroatoms. The van der Waals surface area contributed by atoms with Crippen molar-refractivity contribution in [3.8, 4) is 0 Å². The molecule has 1 saturated heterocycles. The van der Waals surface area contributed by atoms with Crippen molar-refractivity contribution in [1.82, 2.24) is 10.0 Å². The second kappa shape index (κ2) is 6.87. The lowest BCUT2D eigenvalue weighted by molar-refractivity contribution is 0.552. The summed E-state index contributed by atoms with van der Waals surface area (Å²) in [7, 11) is -1.69. The molecule has 0 aromatic heterocycles. The van der Waals surface area contributed by atoms with E-state index in [-0.39, 0.29) is 9.64 Å². The van der Waals surface area contributed by atoms with Crippen LogP contribution in [0, 0.1) is 0 Å². The van der Waals surface area contributed by atoms with Gasteiger partial charge in [-0.1, -0.05) is 17.7 Å². The Morgan fingerprint density at radius 1 is 1.43 bits per heavy atom. The van der Waals surface area contributed by atoms with Crippen LogP contribution >= 0.6 is 23.4 Å². The van der Waals surface area contributed by atoms with Crippen molar-refractivity contribution < 1.29 is 8.42 Å². The van der Waals surface area contributed by atoms with Crippen molar-refractivity contribution >= 4 is 33.4 Å². The smallest absolute Gasteiger partial charge is 0.240 e. The van der Waals surface area contributed by atoms with E-state index in [1.54, 1.807) is 12.1 Å². The number of hydrogen-bond acceptors (Lipinski definition) is 4. The molecule has 1 atom stereocenters. The summed E-state index contributed by atoms with van der Waals surface area (Å²) in [5.74, 6) is 1.10. The Morgan fingerprint density at radius 2 is 2.19 bits per heavy atom. The molecule has 1 aromatic rings. The summed E-state index contributed by atoms with van der Waals surface area (Å²) < 4.78 is 27.4. The van der Waals surface area contributed by atoms with Gasteiger partial charge in [0.05, 0.1) is 4.90 Å². The van der Waals surface area contributed by atoms with E-state index >= 15 is 0 Å². The van der Waals surface area contributed by atoms with Crippen molar-refractivity contribution in [1.29, 1.82) is 0 Å². The lowest BCUT2D eigenvalue weighted by Crippen LogP contribution is -2.36. The number of hydrogen-bond donors (Lipinski definition) is 2. The number of sulfonamides is 1. The highest BCUT2D eigenvalue weighted by Gasteiger charge is 2.31. The summed E-state index contributed by atoms with van der Waals surface area (Å²) in [5.41, 5.74) is 0.886. The van der Waals surface area contributed by atoms with Gasteiger partial charge in [-0.05, 0) is 50.3 Å². The van der Waals surface area contributed by atoms with E-state index in [1.165, 1.54) is 6.07 Å². The van der Waals surface area contributed by atoms with E-state index in [1.807, 2.05) is 18.8 Å². The van der Waals surface area contributed by atoms with Gasteiger partial charge in [-0.3, -0.25) is 0 Å². The molecule has 0 radical (unpaired) electrons. The SMILES string of the molecule is CNCc1ccc(S(=O)(=O)NCC2(C)CCCS2)cc1Cl. The van der Waals surface area contributed by atoms with Gasteiger partial charge in [0.1, 0.15) is 0 Å². The first-order chi connectivity index (χ1) is 9.86. The highest BCUT2D eigenvalue weighted by atomic mass is 35.5. The van der Waals surface area contributed by atoms with Crippen LogP contribution < -0.4 is 10.0 Å². The quantitative estimate of drug-likeness (QED) is 0.829. The van der Waals surface area contributed by atoms with Gasteiger partial charge >= 0.3 is 0 Å². The Morgan fingerprint density at radius 3 is 2.76 bits per heavy atom. The molecule has 0 amide bonds. The fourth-order valence-corrected chi connectivity index (χ4v) is 5.18. The zero-order valence-corrected chi connectivity index (χ0v) is 14.7. The van der Waals surface area contributed by atoms with Crippen molar-refractivity contribution in [3.05, 3.63) is 28.8 Å². The molecule has 0 aliphatic carbocycles. The van der Waals surface area contributed by atoms with Crippen LogP contribution in [0.4, 0.5) is 0 Å². The second-order valence-corrected chi connectivity index (χ2v) is 9.37. The van der Waals surface area contributed by atoms with Crippen molar-refractivity contribution in [2.24, 2.45) is 0 Å². The average Bonchev–Trinajstić information content (AvgIpc) is 2.87. The Labute approximate surface area is 136 Å². The van der Waals surface area contributed by atoms with Gasteiger partial charge in [0.25, 0.3) is 0 Å². The summed E-state index contributed by atoms with van der Waals surface area (Å²) >= 11 is 7.96. The Kier molecular flexibility index (Phi) is 5.59. The highest BCUT2D eigenvalue weighted by molar-refractivity contribution is 8.01. The number of thioether (sulfide) groups is 1. The lowest BCUT2D eigenvalue weighted by atomic mass is 10.1. The van der Waals surface area contributed by atoms with Crippen LogP contribution in [0.3, 0.4) is 0 Å². The molecule has 0 saturated carbocycles. The topological polar surface area (TPSA) is 58.2 Å². The summed E-state index contributed by atoms with van der Waals surface area (Å²) in [5, 5.41) is 3.46. The molecule has 118 valence electrons. The summed E-state index contributed by atoms with van der Waals surface area (Å²) in [6, 6.07) is 4.87. The Hall–Kier alpha value is -0.270. The standard InChI is InChI=1S/C14H21ClN2O2S2/c1-14(6-3-7-20-14)10-17-21(18,19)12-5-4-11(9-16-2)13(15)8-12/h4-5,8,16-17H,3,6-7,9-10H2,1-2H3. The van der Waals surface area contributed by atoms with Gasteiger partial charge in [-0.2, -0.15) is 11.8 Å². The van der Waals surface area contributed by atoms with E-state index < -0.39 is 10.0 Å². The van der Waals surface area contributed by atoms with Gasteiger partial charge in [-0.15, -0.1) is 0 Å². The third-order valence-corrected chi connectivity index (χ3v) is 6.93. The predicted molar refractivity (Wildman–Crippen MR) is 89.5 cm³/mol. The molecule has 1 fully saturated rings. The van der Waals surface area contributed by atoms with Crippen LogP contribution in [0.25, 0.3) is 0 Å². The third-order valence-electron chi connectivity index (χ3n) is 3.64. The Balaban J connectivity index is 2.10. The molecule has 2 N–H and O–H groups in total. The minimum Gasteiger partial charge on any atom is -0.316 e. The van der Waals surface area contributed by atoms with Crippen LogP contribution in [0.15, 0.2) is 23.1 Å². The molecular weight excluding hydrogens is 328 g/mol. The molecule has 1 aromatic carbocycles. The Bertz CT molecular complexity index is 599. The first-order valence-corrected chi connectivity index (χ1v) is 9.78. The number of benzene rings is 1. The van der Waals surface area contributed by atoms with Crippen LogP contribution in [0.1, 0.15) is 25.3 Å². The van der Waals surface area contributed by atoms with E-state index in [9.17, 15) is 8.42 Å². The molecule has 2 rings (SSSR count). The third kappa shape index (κ3) is 4.36. The molecule has 0 spiro atoms. The fraction of sp³-hybridized carbons (Fsp3) is 0.571. The first kappa shape index (κ1) is 17.1. The van der Waals surface area contributed by atoms with Crippen molar-refractivity contribution in [2.45, 2.75) is 36.0 Å². The molecule has 1 aliphatic heterocycles. The summed E-state index contributed by atoms with van der Waals surface area (Å²) in [6.07, 6.45) is 2.19. The molecule has 1 heterocycles. The van der Waals surface area contributed by atoms with Gasteiger partial charge < -0.3 is 5.32 Å². The van der Waals surface area contributed by atoms with Gasteiger partial charge in [0, 0.05) is 22.9 Å². The maximum Gasteiger partial charge on any atom is 0.240 e. The van der Waals surface area contributed by atoms with Crippen molar-refractivity contribution in [3.63, 3.8) is 0 Å². The van der Waals surface area contributed by atoms with E-state index in [4.69, 9.17) is 11.6 Å². The number of halogens is 1. The fourth-order valence-electron chi connectivity index (χ4n) is 2.34. The highest BCUT2D eigenvalue weighted by Crippen LogP contribution is 2.37. The predicted octanol–water partition coefficient (Wildman–Crippen LogP) is 2.62. The van der Waals surface area contributed by atoms with Crippen LogP contribution in [-0.4, -0.2) is 32.5 Å². The second-order valence-electron chi connectivity index (χ2n) is 5.51. The number of nitrogens with one attached hydrogen (secondary N) is 2.